The highest BCUT2D eigenvalue weighted by Crippen LogP contribution is 2.72. The largest absolute Gasteiger partial charge is 0.465 e. The van der Waals surface area contributed by atoms with Gasteiger partial charge in [-0.05, 0) is 39.0 Å². The van der Waals surface area contributed by atoms with Gasteiger partial charge in [0.05, 0.1) is 36.7 Å². The van der Waals surface area contributed by atoms with E-state index in [1.165, 1.54) is 0 Å². The van der Waals surface area contributed by atoms with Gasteiger partial charge in [0.25, 0.3) is 0 Å². The van der Waals surface area contributed by atoms with Crippen LogP contribution >= 0.6 is 0 Å². The number of hydrogen-bond donors (Lipinski definition) is 1. The summed E-state index contributed by atoms with van der Waals surface area (Å²) in [6, 6.07) is 0. The van der Waals surface area contributed by atoms with Gasteiger partial charge in [-0.3, -0.25) is 4.79 Å². The standard InChI is InChI=1S/C18H27N3O4/c1-4-24-14(23)17-9-16(10-17,25-18(17)6-5-7-18)11-21-8-13(19-20-21)15(2,3)12-22/h8,22H,4-7,9-12H2,1-3H3. The smallest absolute Gasteiger partial charge is 0.315 e. The van der Waals surface area contributed by atoms with Crippen LogP contribution in [0, 0.1) is 5.41 Å². The van der Waals surface area contributed by atoms with Crippen LogP contribution in [-0.4, -0.2) is 50.5 Å². The maximum Gasteiger partial charge on any atom is 0.315 e. The molecular weight excluding hydrogens is 322 g/mol. The number of hydrogen-bond acceptors (Lipinski definition) is 6. The number of carbonyl (C=O) groups excluding carboxylic acids is 1. The average molecular weight is 349 g/mol. The summed E-state index contributed by atoms with van der Waals surface area (Å²) in [5, 5.41) is 17.9. The Bertz CT molecular complexity index is 686. The van der Waals surface area contributed by atoms with Crippen LogP contribution in [0.5, 0.6) is 0 Å². The van der Waals surface area contributed by atoms with Gasteiger partial charge in [0.1, 0.15) is 5.41 Å². The number of carbonyl (C=O) groups is 1. The minimum atomic E-state index is -0.463. The summed E-state index contributed by atoms with van der Waals surface area (Å²) in [6.07, 6.45) is 6.27. The fourth-order valence-electron chi connectivity index (χ4n) is 4.84. The van der Waals surface area contributed by atoms with E-state index in [2.05, 4.69) is 10.3 Å². The maximum atomic E-state index is 12.6. The Labute approximate surface area is 147 Å². The van der Waals surface area contributed by atoms with Crippen LogP contribution in [0.1, 0.15) is 58.6 Å². The molecule has 1 aromatic rings. The van der Waals surface area contributed by atoms with E-state index in [0.717, 1.165) is 25.0 Å². The second kappa shape index (κ2) is 5.27. The van der Waals surface area contributed by atoms with Gasteiger partial charge in [0, 0.05) is 11.6 Å². The summed E-state index contributed by atoms with van der Waals surface area (Å²) in [6.45, 7) is 6.73. The third-order valence-corrected chi connectivity index (χ3v) is 6.44. The van der Waals surface area contributed by atoms with Crippen molar-refractivity contribution in [3.05, 3.63) is 11.9 Å². The van der Waals surface area contributed by atoms with Crippen molar-refractivity contribution in [1.82, 2.24) is 15.0 Å². The molecule has 2 saturated heterocycles. The van der Waals surface area contributed by atoms with Gasteiger partial charge in [0.15, 0.2) is 0 Å². The summed E-state index contributed by atoms with van der Waals surface area (Å²) < 4.78 is 13.7. The molecule has 7 nitrogen and oxygen atoms in total. The van der Waals surface area contributed by atoms with E-state index in [4.69, 9.17) is 9.47 Å². The SMILES string of the molecule is CCOC(=O)C12CC(Cn3cc(C(C)(C)CO)nn3)(C1)OC21CCC1. The Hall–Kier alpha value is -1.47. The summed E-state index contributed by atoms with van der Waals surface area (Å²) in [4.78, 5) is 12.6. The van der Waals surface area contributed by atoms with Crippen molar-refractivity contribution in [2.45, 2.75) is 76.0 Å². The quantitative estimate of drug-likeness (QED) is 0.785. The molecule has 0 aromatic carbocycles. The third-order valence-electron chi connectivity index (χ3n) is 6.44. The average Bonchev–Trinajstić information content (AvgIpc) is 3.15. The van der Waals surface area contributed by atoms with Crippen molar-refractivity contribution >= 4 is 5.97 Å². The number of aromatic nitrogens is 3. The Morgan fingerprint density at radius 3 is 2.72 bits per heavy atom. The molecule has 7 heteroatoms. The highest BCUT2D eigenvalue weighted by atomic mass is 16.6. The molecular formula is C18H27N3O4. The maximum absolute atomic E-state index is 12.6. The topological polar surface area (TPSA) is 86.5 Å². The lowest BCUT2D eigenvalue weighted by Gasteiger charge is -2.49. The molecule has 1 spiro atoms. The predicted octanol–water partition coefficient (Wildman–Crippen LogP) is 1.58. The van der Waals surface area contributed by atoms with E-state index in [0.29, 0.717) is 26.0 Å². The van der Waals surface area contributed by atoms with Crippen molar-refractivity contribution in [3.8, 4) is 0 Å². The molecule has 2 aliphatic heterocycles. The Morgan fingerprint density at radius 2 is 2.16 bits per heavy atom. The normalized spacial score (nSPS) is 32.3. The first-order valence-electron chi connectivity index (χ1n) is 9.19. The summed E-state index contributed by atoms with van der Waals surface area (Å²) in [7, 11) is 0. The highest BCUT2D eigenvalue weighted by Gasteiger charge is 2.80. The molecule has 1 aromatic heterocycles. The monoisotopic (exact) mass is 349 g/mol. The molecule has 2 aliphatic carbocycles. The van der Waals surface area contributed by atoms with Gasteiger partial charge in [-0.2, -0.15) is 0 Å². The molecule has 2 saturated carbocycles. The van der Waals surface area contributed by atoms with Gasteiger partial charge >= 0.3 is 5.97 Å². The molecule has 0 amide bonds. The van der Waals surface area contributed by atoms with E-state index < -0.39 is 10.8 Å². The second-order valence-electron chi connectivity index (χ2n) is 8.63. The zero-order valence-corrected chi connectivity index (χ0v) is 15.2. The molecule has 1 N–H and O–H groups in total. The number of rotatable bonds is 6. The first kappa shape index (κ1) is 17.0. The minimum Gasteiger partial charge on any atom is -0.465 e. The van der Waals surface area contributed by atoms with Crippen molar-refractivity contribution in [1.29, 1.82) is 0 Å². The fraction of sp³-hybridized carbons (Fsp3) is 0.833. The van der Waals surface area contributed by atoms with Crippen LogP contribution in [0.3, 0.4) is 0 Å². The van der Waals surface area contributed by atoms with Gasteiger partial charge in [-0.15, -0.1) is 5.10 Å². The van der Waals surface area contributed by atoms with Crippen LogP contribution in [0.4, 0.5) is 0 Å². The van der Waals surface area contributed by atoms with E-state index in [9.17, 15) is 9.90 Å². The van der Waals surface area contributed by atoms with Crippen LogP contribution in [0.25, 0.3) is 0 Å². The lowest BCUT2D eigenvalue weighted by Crippen LogP contribution is -2.58. The molecule has 2 bridgehead atoms. The van der Waals surface area contributed by atoms with Crippen LogP contribution in [-0.2, 0) is 26.2 Å². The van der Waals surface area contributed by atoms with Crippen LogP contribution in [0.15, 0.2) is 6.20 Å². The molecule has 138 valence electrons. The third kappa shape index (κ3) is 2.21. The van der Waals surface area contributed by atoms with Crippen LogP contribution in [0.2, 0.25) is 0 Å². The van der Waals surface area contributed by atoms with E-state index in [-0.39, 0.29) is 23.8 Å². The molecule has 5 rings (SSSR count). The highest BCUT2D eigenvalue weighted by molar-refractivity contribution is 5.82. The number of ether oxygens (including phenoxy) is 2. The Kier molecular flexibility index (Phi) is 3.57. The Balaban J connectivity index is 1.53. The van der Waals surface area contributed by atoms with Gasteiger partial charge in [-0.25, -0.2) is 4.68 Å². The van der Waals surface area contributed by atoms with Crippen molar-refractivity contribution in [2.24, 2.45) is 5.41 Å². The number of aliphatic hydroxyl groups excluding tert-OH is 1. The van der Waals surface area contributed by atoms with E-state index >= 15 is 0 Å². The van der Waals surface area contributed by atoms with Crippen molar-refractivity contribution < 1.29 is 19.4 Å². The summed E-state index contributed by atoms with van der Waals surface area (Å²) in [5.41, 5.74) is -0.793. The lowest BCUT2D eigenvalue weighted by molar-refractivity contribution is -0.170. The zero-order chi connectivity index (χ0) is 17.9. The molecule has 0 unspecified atom stereocenters. The molecule has 25 heavy (non-hydrogen) atoms. The molecule has 3 heterocycles. The molecule has 0 atom stereocenters. The number of nitrogens with zero attached hydrogens (tertiary/aromatic N) is 3. The van der Waals surface area contributed by atoms with Crippen molar-refractivity contribution in [2.75, 3.05) is 13.2 Å². The van der Waals surface area contributed by atoms with Gasteiger partial charge < -0.3 is 14.6 Å². The van der Waals surface area contributed by atoms with E-state index in [1.807, 2.05) is 27.0 Å². The first-order chi connectivity index (χ1) is 11.8. The predicted molar refractivity (Wildman–Crippen MR) is 88.8 cm³/mol. The van der Waals surface area contributed by atoms with Gasteiger partial charge in [0.2, 0.25) is 0 Å². The van der Waals surface area contributed by atoms with Crippen molar-refractivity contribution in [3.63, 3.8) is 0 Å². The van der Waals surface area contributed by atoms with E-state index in [1.54, 1.807) is 4.68 Å². The second-order valence-corrected chi connectivity index (χ2v) is 8.63. The number of esters is 1. The first-order valence-corrected chi connectivity index (χ1v) is 9.19. The summed E-state index contributed by atoms with van der Waals surface area (Å²) >= 11 is 0. The Morgan fingerprint density at radius 1 is 1.44 bits per heavy atom. The van der Waals surface area contributed by atoms with Gasteiger partial charge in [-0.1, -0.05) is 19.1 Å². The zero-order valence-electron chi connectivity index (χ0n) is 15.2. The summed E-state index contributed by atoms with van der Waals surface area (Å²) in [5.74, 6) is -0.0940. The molecule has 4 aliphatic rings. The number of aliphatic hydroxyl groups is 1. The fourth-order valence-corrected chi connectivity index (χ4v) is 4.84. The lowest BCUT2D eigenvalue weighted by atomic mass is 9.51. The molecule has 4 fully saturated rings. The minimum absolute atomic E-state index is 0.0163. The van der Waals surface area contributed by atoms with Crippen LogP contribution < -0.4 is 0 Å². The molecule has 0 radical (unpaired) electrons.